The number of nitrogens with zero attached hydrogens (tertiary/aromatic N) is 2. The van der Waals surface area contributed by atoms with Crippen LogP contribution in [0, 0.1) is 0 Å². The molecule has 0 aliphatic rings. The molecule has 114 valence electrons. The van der Waals surface area contributed by atoms with Crippen molar-refractivity contribution in [2.75, 3.05) is 19.0 Å². The number of rotatable bonds is 5. The number of methoxy groups -OCH3 is 1. The lowest BCUT2D eigenvalue weighted by Gasteiger charge is -2.14. The summed E-state index contributed by atoms with van der Waals surface area (Å²) in [6.07, 6.45) is 3.70. The minimum absolute atomic E-state index is 0.147. The fraction of sp³-hybridized carbons (Fsp3) is 0.250. The Kier molecular flexibility index (Phi) is 4.27. The first-order valence-electron chi connectivity index (χ1n) is 7.03. The van der Waals surface area contributed by atoms with E-state index in [4.69, 9.17) is 16.3 Å². The summed E-state index contributed by atoms with van der Waals surface area (Å²) >= 11 is 6.17. The van der Waals surface area contributed by atoms with E-state index in [1.807, 2.05) is 37.4 Å². The number of pyridine rings is 2. The van der Waals surface area contributed by atoms with Gasteiger partial charge >= 0.3 is 0 Å². The molecule has 6 heteroatoms. The number of aromatic amines is 1. The summed E-state index contributed by atoms with van der Waals surface area (Å²) in [5, 5.41) is 4.79. The van der Waals surface area contributed by atoms with E-state index >= 15 is 0 Å². The predicted molar refractivity (Wildman–Crippen MR) is 89.3 cm³/mol. The molecular formula is C16H17ClN4O. The number of halogens is 1. The number of H-pyrrole nitrogens is 1. The third-order valence-electron chi connectivity index (χ3n) is 3.37. The molecule has 0 aromatic carbocycles. The van der Waals surface area contributed by atoms with Gasteiger partial charge in [-0.2, -0.15) is 0 Å². The van der Waals surface area contributed by atoms with Gasteiger partial charge in [-0.05, 0) is 36.8 Å². The smallest absolute Gasteiger partial charge is 0.137 e. The molecule has 3 rings (SSSR count). The predicted octanol–water partition coefficient (Wildman–Crippen LogP) is 3.73. The molecule has 0 fully saturated rings. The Hall–Kier alpha value is -2.11. The van der Waals surface area contributed by atoms with E-state index in [9.17, 15) is 0 Å². The van der Waals surface area contributed by atoms with E-state index in [2.05, 4.69) is 20.3 Å². The van der Waals surface area contributed by atoms with Crippen molar-refractivity contribution < 1.29 is 4.74 Å². The highest BCUT2D eigenvalue weighted by Gasteiger charge is 2.10. The zero-order chi connectivity index (χ0) is 15.5. The molecule has 0 aliphatic carbocycles. The fourth-order valence-electron chi connectivity index (χ4n) is 2.47. The van der Waals surface area contributed by atoms with E-state index in [1.165, 1.54) is 0 Å². The Balaban J connectivity index is 1.99. The van der Waals surface area contributed by atoms with Crippen molar-refractivity contribution in [3.8, 4) is 11.1 Å². The molecule has 3 aromatic heterocycles. The summed E-state index contributed by atoms with van der Waals surface area (Å²) in [6.45, 7) is 2.63. The van der Waals surface area contributed by atoms with Crippen molar-refractivity contribution in [3.63, 3.8) is 0 Å². The van der Waals surface area contributed by atoms with Crippen LogP contribution in [0.15, 0.2) is 36.7 Å². The number of anilines is 1. The van der Waals surface area contributed by atoms with Gasteiger partial charge in [-0.1, -0.05) is 11.6 Å². The molecule has 1 atom stereocenters. The third-order valence-corrected chi connectivity index (χ3v) is 3.56. The summed E-state index contributed by atoms with van der Waals surface area (Å²) in [4.78, 5) is 11.8. The monoisotopic (exact) mass is 316 g/mol. The maximum atomic E-state index is 6.17. The lowest BCUT2D eigenvalue weighted by atomic mass is 10.1. The number of fused-ring (bicyclic) bond motifs is 1. The normalized spacial score (nSPS) is 12.5. The zero-order valence-corrected chi connectivity index (χ0v) is 13.2. The number of nitrogens with one attached hydrogen (secondary N) is 2. The van der Waals surface area contributed by atoms with Crippen molar-refractivity contribution in [2.24, 2.45) is 0 Å². The first-order chi connectivity index (χ1) is 10.7. The van der Waals surface area contributed by atoms with Gasteiger partial charge in [0.2, 0.25) is 0 Å². The van der Waals surface area contributed by atoms with Crippen molar-refractivity contribution in [1.82, 2.24) is 15.0 Å². The first-order valence-corrected chi connectivity index (χ1v) is 7.40. The lowest BCUT2D eigenvalue weighted by Crippen LogP contribution is -2.21. The molecule has 0 saturated carbocycles. The van der Waals surface area contributed by atoms with Crippen LogP contribution in [-0.2, 0) is 4.74 Å². The van der Waals surface area contributed by atoms with E-state index in [1.54, 1.807) is 13.3 Å². The number of hydrogen-bond donors (Lipinski definition) is 2. The van der Waals surface area contributed by atoms with Gasteiger partial charge in [0.1, 0.15) is 16.6 Å². The largest absolute Gasteiger partial charge is 0.383 e. The van der Waals surface area contributed by atoms with Crippen LogP contribution < -0.4 is 5.32 Å². The standard InChI is InChI=1S/C16H17ClN4O/c1-10(9-22-2)20-15-7-11(6-14(17)21-15)13-8-19-16-12(13)4-3-5-18-16/h3-8,10H,9H2,1-2H3,(H,18,19)(H,20,21). The van der Waals surface area contributed by atoms with Gasteiger partial charge in [-0.15, -0.1) is 0 Å². The van der Waals surface area contributed by atoms with Crippen LogP contribution in [0.25, 0.3) is 22.2 Å². The summed E-state index contributed by atoms with van der Waals surface area (Å²) < 4.78 is 5.13. The Morgan fingerprint density at radius 3 is 3.09 bits per heavy atom. The molecule has 0 radical (unpaired) electrons. The molecule has 0 aliphatic heterocycles. The SMILES string of the molecule is COCC(C)Nc1cc(-c2c[nH]c3ncccc23)cc(Cl)n1. The average molecular weight is 317 g/mol. The van der Waals surface area contributed by atoms with E-state index in [0.29, 0.717) is 11.8 Å². The molecule has 3 heterocycles. The molecule has 0 spiro atoms. The highest BCUT2D eigenvalue weighted by molar-refractivity contribution is 6.29. The highest BCUT2D eigenvalue weighted by atomic mass is 35.5. The maximum absolute atomic E-state index is 6.17. The number of ether oxygens (including phenoxy) is 1. The summed E-state index contributed by atoms with van der Waals surface area (Å²) in [5.74, 6) is 0.727. The van der Waals surface area contributed by atoms with Gasteiger partial charge in [-0.3, -0.25) is 0 Å². The molecule has 3 aromatic rings. The van der Waals surface area contributed by atoms with E-state index in [0.717, 1.165) is 28.0 Å². The molecule has 1 unspecified atom stereocenters. The first kappa shape index (κ1) is 14.8. The molecule has 0 saturated heterocycles. The summed E-state index contributed by atoms with van der Waals surface area (Å²) in [6, 6.07) is 7.93. The van der Waals surface area contributed by atoms with Gasteiger partial charge in [0.25, 0.3) is 0 Å². The highest BCUT2D eigenvalue weighted by Crippen LogP contribution is 2.30. The Morgan fingerprint density at radius 2 is 2.27 bits per heavy atom. The van der Waals surface area contributed by atoms with Gasteiger partial charge in [0, 0.05) is 36.5 Å². The quantitative estimate of drug-likeness (QED) is 0.704. The number of aromatic nitrogens is 3. The van der Waals surface area contributed by atoms with Crippen LogP contribution in [0.5, 0.6) is 0 Å². The van der Waals surface area contributed by atoms with Crippen LogP contribution in [-0.4, -0.2) is 34.7 Å². The van der Waals surface area contributed by atoms with E-state index < -0.39 is 0 Å². The minimum Gasteiger partial charge on any atom is -0.383 e. The van der Waals surface area contributed by atoms with Crippen LogP contribution in [0.1, 0.15) is 6.92 Å². The van der Waals surface area contributed by atoms with Gasteiger partial charge < -0.3 is 15.0 Å². The molecule has 5 nitrogen and oxygen atoms in total. The minimum atomic E-state index is 0.147. The topological polar surface area (TPSA) is 62.8 Å². The van der Waals surface area contributed by atoms with Crippen LogP contribution in [0.4, 0.5) is 5.82 Å². The van der Waals surface area contributed by atoms with Crippen LogP contribution >= 0.6 is 11.6 Å². The molecule has 0 bridgehead atoms. The molecule has 2 N–H and O–H groups in total. The van der Waals surface area contributed by atoms with Gasteiger partial charge in [0.15, 0.2) is 0 Å². The zero-order valence-electron chi connectivity index (χ0n) is 12.4. The Bertz CT molecular complexity index is 787. The van der Waals surface area contributed by atoms with E-state index in [-0.39, 0.29) is 6.04 Å². The third kappa shape index (κ3) is 3.05. The molecule has 0 amide bonds. The molecule has 22 heavy (non-hydrogen) atoms. The van der Waals surface area contributed by atoms with Crippen molar-refractivity contribution in [1.29, 1.82) is 0 Å². The van der Waals surface area contributed by atoms with Crippen LogP contribution in [0.3, 0.4) is 0 Å². The number of hydrogen-bond acceptors (Lipinski definition) is 4. The Labute approximate surface area is 133 Å². The van der Waals surface area contributed by atoms with Crippen molar-refractivity contribution in [3.05, 3.63) is 41.8 Å². The Morgan fingerprint density at radius 1 is 1.41 bits per heavy atom. The maximum Gasteiger partial charge on any atom is 0.137 e. The molecular weight excluding hydrogens is 300 g/mol. The van der Waals surface area contributed by atoms with Crippen molar-refractivity contribution >= 4 is 28.5 Å². The lowest BCUT2D eigenvalue weighted by molar-refractivity contribution is 0.190. The average Bonchev–Trinajstić information content (AvgIpc) is 2.90. The second-order valence-electron chi connectivity index (χ2n) is 5.17. The van der Waals surface area contributed by atoms with Crippen LogP contribution in [0.2, 0.25) is 5.15 Å². The summed E-state index contributed by atoms with van der Waals surface area (Å²) in [7, 11) is 1.67. The second-order valence-corrected chi connectivity index (χ2v) is 5.55. The summed E-state index contributed by atoms with van der Waals surface area (Å²) in [5.41, 5.74) is 2.90. The second kappa shape index (κ2) is 6.34. The van der Waals surface area contributed by atoms with Gasteiger partial charge in [0.05, 0.1) is 6.61 Å². The van der Waals surface area contributed by atoms with Gasteiger partial charge in [-0.25, -0.2) is 9.97 Å². The van der Waals surface area contributed by atoms with Crippen molar-refractivity contribution in [2.45, 2.75) is 13.0 Å². The fourth-order valence-corrected chi connectivity index (χ4v) is 2.67.